The van der Waals surface area contributed by atoms with Crippen molar-refractivity contribution in [2.24, 2.45) is 10.9 Å². The fourth-order valence-electron chi connectivity index (χ4n) is 3.93. The Morgan fingerprint density at radius 3 is 2.53 bits per heavy atom. The highest BCUT2D eigenvalue weighted by Gasteiger charge is 2.63. The first-order chi connectivity index (χ1) is 13.8. The highest BCUT2D eigenvalue weighted by atomic mass is 32.2. The second-order valence-electron chi connectivity index (χ2n) is 8.41. The molecule has 0 saturated carbocycles. The lowest BCUT2D eigenvalue weighted by molar-refractivity contribution is -0.0211. The van der Waals surface area contributed by atoms with Gasteiger partial charge in [-0.15, -0.1) is 0 Å². The van der Waals surface area contributed by atoms with Gasteiger partial charge in [0.2, 0.25) is 4.87 Å². The summed E-state index contributed by atoms with van der Waals surface area (Å²) in [5.41, 5.74) is -0.226. The Labute approximate surface area is 175 Å². The van der Waals surface area contributed by atoms with Crippen molar-refractivity contribution >= 4 is 15.7 Å². The molecule has 166 valence electrons. The van der Waals surface area contributed by atoms with Crippen LogP contribution in [0, 0.1) is 5.92 Å². The zero-order chi connectivity index (χ0) is 22.5. The van der Waals surface area contributed by atoms with Crippen LogP contribution in [0.4, 0.5) is 13.2 Å². The molecule has 3 aliphatic rings. The molecule has 0 spiro atoms. The lowest BCUT2D eigenvalue weighted by Gasteiger charge is -2.34. The van der Waals surface area contributed by atoms with Crippen LogP contribution in [0.1, 0.15) is 33.6 Å². The van der Waals surface area contributed by atoms with E-state index in [0.717, 1.165) is 6.26 Å². The van der Waals surface area contributed by atoms with Gasteiger partial charge in [-0.1, -0.05) is 25.2 Å². The van der Waals surface area contributed by atoms with Gasteiger partial charge in [-0.2, -0.15) is 0 Å². The maximum Gasteiger partial charge on any atom is 0.286 e. The van der Waals surface area contributed by atoms with Crippen molar-refractivity contribution in [3.05, 3.63) is 47.5 Å². The minimum Gasteiger partial charge on any atom is -0.371 e. The van der Waals surface area contributed by atoms with Gasteiger partial charge in [-0.25, -0.2) is 26.6 Å². The Morgan fingerprint density at radius 2 is 2.03 bits per heavy atom. The van der Waals surface area contributed by atoms with Crippen LogP contribution in [-0.2, 0) is 14.6 Å². The highest BCUT2D eigenvalue weighted by molar-refractivity contribution is 7.92. The molecule has 0 saturated heterocycles. The van der Waals surface area contributed by atoms with E-state index >= 15 is 0 Å². The lowest BCUT2D eigenvalue weighted by Crippen LogP contribution is -2.54. The number of allylic oxidation sites excluding steroid dienone is 4. The maximum absolute atomic E-state index is 14.8. The van der Waals surface area contributed by atoms with E-state index in [0.29, 0.717) is 19.0 Å². The molecule has 9 heteroatoms. The molecule has 0 radical (unpaired) electrons. The van der Waals surface area contributed by atoms with E-state index in [2.05, 4.69) is 4.99 Å². The Balaban J connectivity index is 2.19. The average Bonchev–Trinajstić information content (AvgIpc) is 3.06. The van der Waals surface area contributed by atoms with Crippen LogP contribution in [0.15, 0.2) is 52.5 Å². The van der Waals surface area contributed by atoms with E-state index in [-0.39, 0.29) is 23.7 Å². The second kappa shape index (κ2) is 7.37. The molecular formula is C21H27F3N2O3S. The van der Waals surface area contributed by atoms with Crippen molar-refractivity contribution in [1.82, 2.24) is 4.90 Å². The minimum atomic E-state index is -4.31. The predicted molar refractivity (Wildman–Crippen MR) is 111 cm³/mol. The molecule has 0 fully saturated rings. The number of alkyl halides is 2. The molecule has 1 aliphatic heterocycles. The molecule has 3 atom stereocenters. The summed E-state index contributed by atoms with van der Waals surface area (Å²) >= 11 is 0. The average molecular weight is 445 g/mol. The monoisotopic (exact) mass is 444 g/mol. The van der Waals surface area contributed by atoms with Gasteiger partial charge in [0.1, 0.15) is 17.3 Å². The standard InChI is InChI=1S/C21H27F3N2O3S/c1-14-8-6-7-9-16(14)26-13-21(20(3,23)24,30(5,27)28)25-18(26)15-10-11-19(2,29-4)17(22)12-15/h6-7,9-10,12,14H,8,11,13H2,1-5H3. The Hall–Kier alpha value is -1.87. The van der Waals surface area contributed by atoms with Crippen molar-refractivity contribution in [1.29, 1.82) is 0 Å². The van der Waals surface area contributed by atoms with Gasteiger partial charge >= 0.3 is 0 Å². The molecule has 0 aromatic heterocycles. The molecule has 1 heterocycles. The number of hydrogen-bond acceptors (Lipinski definition) is 5. The zero-order valence-electron chi connectivity index (χ0n) is 17.7. The van der Waals surface area contributed by atoms with Gasteiger partial charge in [-0.3, -0.25) is 0 Å². The number of ether oxygens (including phenoxy) is 1. The molecule has 30 heavy (non-hydrogen) atoms. The number of methoxy groups -OCH3 is 1. The molecule has 5 nitrogen and oxygen atoms in total. The first kappa shape index (κ1) is 22.8. The van der Waals surface area contributed by atoms with E-state index < -0.39 is 38.6 Å². The van der Waals surface area contributed by atoms with E-state index in [9.17, 15) is 21.6 Å². The third-order valence-corrected chi connectivity index (χ3v) is 7.94. The number of nitrogens with zero attached hydrogens (tertiary/aromatic N) is 2. The molecule has 0 aromatic carbocycles. The van der Waals surface area contributed by atoms with Crippen LogP contribution in [-0.4, -0.2) is 55.5 Å². The zero-order valence-corrected chi connectivity index (χ0v) is 18.6. The fraction of sp³-hybridized carbons (Fsp3) is 0.571. The van der Waals surface area contributed by atoms with Crippen LogP contribution in [0.3, 0.4) is 0 Å². The fourth-order valence-corrected chi connectivity index (χ4v) is 5.20. The maximum atomic E-state index is 14.8. The van der Waals surface area contributed by atoms with Crippen molar-refractivity contribution in [3.63, 3.8) is 0 Å². The van der Waals surface area contributed by atoms with E-state index in [1.807, 2.05) is 13.0 Å². The van der Waals surface area contributed by atoms with Crippen molar-refractivity contribution in [3.8, 4) is 0 Å². The molecule has 0 bridgehead atoms. The van der Waals surface area contributed by atoms with E-state index in [4.69, 9.17) is 4.74 Å². The number of rotatable bonds is 5. The number of aliphatic imine (C=N–C) groups is 1. The number of amidine groups is 1. The third-order valence-electron chi connectivity index (χ3n) is 6.13. The van der Waals surface area contributed by atoms with Crippen molar-refractivity contribution in [2.45, 2.75) is 50.0 Å². The van der Waals surface area contributed by atoms with Crippen molar-refractivity contribution in [2.75, 3.05) is 19.9 Å². The summed E-state index contributed by atoms with van der Waals surface area (Å²) in [5.74, 6) is -4.23. The largest absolute Gasteiger partial charge is 0.371 e. The smallest absolute Gasteiger partial charge is 0.286 e. The summed E-state index contributed by atoms with van der Waals surface area (Å²) in [6.07, 6.45) is 9.95. The minimum absolute atomic E-state index is 0.0312. The number of hydrogen-bond donors (Lipinski definition) is 0. The Bertz CT molecular complexity index is 991. The SMILES string of the molecule is COC1(C)CC=C(C2=NC(C(C)(F)F)(S(C)(=O)=O)CN2C2=CC=CCC2C)C=C1F. The van der Waals surface area contributed by atoms with Crippen LogP contribution >= 0.6 is 0 Å². The summed E-state index contributed by atoms with van der Waals surface area (Å²) in [6.45, 7) is 3.52. The first-order valence-electron chi connectivity index (χ1n) is 9.70. The summed E-state index contributed by atoms with van der Waals surface area (Å²) in [7, 11) is -2.93. The predicted octanol–water partition coefficient (Wildman–Crippen LogP) is 4.17. The van der Waals surface area contributed by atoms with Crippen molar-refractivity contribution < 1.29 is 26.3 Å². The van der Waals surface area contributed by atoms with Gasteiger partial charge in [0.05, 0.1) is 6.54 Å². The third kappa shape index (κ3) is 3.56. The van der Waals surface area contributed by atoms with Gasteiger partial charge in [0, 0.05) is 38.0 Å². The number of sulfone groups is 1. The van der Waals surface area contributed by atoms with Crippen LogP contribution in [0.25, 0.3) is 0 Å². The van der Waals surface area contributed by atoms with Gasteiger partial charge < -0.3 is 9.64 Å². The van der Waals surface area contributed by atoms with Crippen LogP contribution < -0.4 is 0 Å². The highest BCUT2D eigenvalue weighted by Crippen LogP contribution is 2.45. The quantitative estimate of drug-likeness (QED) is 0.639. The van der Waals surface area contributed by atoms with Crippen LogP contribution in [0.5, 0.6) is 0 Å². The molecule has 3 rings (SSSR count). The summed E-state index contributed by atoms with van der Waals surface area (Å²) in [5, 5.41) is 0. The normalized spacial score (nSPS) is 32.5. The molecule has 0 aromatic rings. The van der Waals surface area contributed by atoms with Crippen LogP contribution in [0.2, 0.25) is 0 Å². The molecule has 2 aliphatic carbocycles. The summed E-state index contributed by atoms with van der Waals surface area (Å²) < 4.78 is 74.6. The van der Waals surface area contributed by atoms with E-state index in [1.165, 1.54) is 18.1 Å². The first-order valence-corrected chi connectivity index (χ1v) is 11.6. The van der Waals surface area contributed by atoms with Gasteiger partial charge in [0.15, 0.2) is 9.84 Å². The van der Waals surface area contributed by atoms with Gasteiger partial charge in [0.25, 0.3) is 5.92 Å². The molecule has 3 unspecified atom stereocenters. The summed E-state index contributed by atoms with van der Waals surface area (Å²) in [6, 6.07) is 0. The second-order valence-corrected chi connectivity index (χ2v) is 10.6. The topological polar surface area (TPSA) is 59.0 Å². The summed E-state index contributed by atoms with van der Waals surface area (Å²) in [4.78, 5) is 2.94. The van der Waals surface area contributed by atoms with E-state index in [1.54, 1.807) is 25.2 Å². The molecule has 0 N–H and O–H groups in total. The Kier molecular flexibility index (Phi) is 5.60. The molecular weight excluding hydrogens is 417 g/mol. The number of halogens is 3. The lowest BCUT2D eigenvalue weighted by atomic mass is 9.91. The van der Waals surface area contributed by atoms with Gasteiger partial charge in [-0.05, 0) is 31.4 Å². The Morgan fingerprint density at radius 1 is 1.37 bits per heavy atom. The molecule has 0 amide bonds.